The standard InChI is InChI=1S/C16H21ClN2S/c1-20-14-4-2-3-13(8-14)18-9-11-10-19-16-7-12(17)5-6-15(11)16/h5-7,10,13-14,18-19H,2-4,8-9H2,1H3. The van der Waals surface area contributed by atoms with E-state index < -0.39 is 0 Å². The minimum Gasteiger partial charge on any atom is -0.361 e. The van der Waals surface area contributed by atoms with Crippen LogP contribution < -0.4 is 5.32 Å². The largest absolute Gasteiger partial charge is 0.361 e. The Morgan fingerprint density at radius 2 is 2.30 bits per heavy atom. The third kappa shape index (κ3) is 3.16. The Hall–Kier alpha value is -0.640. The number of benzene rings is 1. The van der Waals surface area contributed by atoms with E-state index in [9.17, 15) is 0 Å². The molecule has 1 fully saturated rings. The molecule has 0 radical (unpaired) electrons. The zero-order valence-corrected chi connectivity index (χ0v) is 13.4. The molecule has 0 aliphatic heterocycles. The molecule has 3 rings (SSSR count). The van der Waals surface area contributed by atoms with E-state index in [1.807, 2.05) is 23.9 Å². The molecular formula is C16H21ClN2S. The minimum absolute atomic E-state index is 0.665. The predicted octanol–water partition coefficient (Wildman–Crippen LogP) is 4.59. The maximum Gasteiger partial charge on any atom is 0.0472 e. The molecule has 2 N–H and O–H groups in total. The second-order valence-corrected chi connectivity index (χ2v) is 7.18. The molecule has 1 saturated carbocycles. The molecule has 4 heteroatoms. The molecule has 20 heavy (non-hydrogen) atoms. The topological polar surface area (TPSA) is 27.8 Å². The average molecular weight is 309 g/mol. The van der Waals surface area contributed by atoms with Gasteiger partial charge < -0.3 is 10.3 Å². The monoisotopic (exact) mass is 308 g/mol. The van der Waals surface area contributed by atoms with Crippen LogP contribution in [0.25, 0.3) is 10.9 Å². The number of halogens is 1. The van der Waals surface area contributed by atoms with Crippen molar-refractivity contribution in [3.05, 3.63) is 35.0 Å². The smallest absolute Gasteiger partial charge is 0.0472 e. The van der Waals surface area contributed by atoms with Crippen molar-refractivity contribution in [2.45, 2.75) is 43.5 Å². The van der Waals surface area contributed by atoms with E-state index in [0.717, 1.165) is 22.3 Å². The molecule has 108 valence electrons. The normalized spacial score (nSPS) is 23.3. The summed E-state index contributed by atoms with van der Waals surface area (Å²) in [5, 5.41) is 6.63. The lowest BCUT2D eigenvalue weighted by Crippen LogP contribution is -2.34. The van der Waals surface area contributed by atoms with Crippen molar-refractivity contribution in [2.24, 2.45) is 0 Å². The second kappa shape index (κ2) is 6.42. The van der Waals surface area contributed by atoms with Crippen molar-refractivity contribution in [1.82, 2.24) is 10.3 Å². The lowest BCUT2D eigenvalue weighted by atomic mass is 9.95. The van der Waals surface area contributed by atoms with Crippen LogP contribution in [0.1, 0.15) is 31.2 Å². The summed E-state index contributed by atoms with van der Waals surface area (Å²) in [5.41, 5.74) is 2.46. The first kappa shape index (κ1) is 14.3. The van der Waals surface area contributed by atoms with Crippen molar-refractivity contribution < 1.29 is 0 Å². The molecule has 2 atom stereocenters. The number of hydrogen-bond donors (Lipinski definition) is 2. The summed E-state index contributed by atoms with van der Waals surface area (Å²) in [6, 6.07) is 6.73. The molecular weight excluding hydrogens is 288 g/mol. The highest BCUT2D eigenvalue weighted by Gasteiger charge is 2.20. The van der Waals surface area contributed by atoms with E-state index in [4.69, 9.17) is 11.6 Å². The molecule has 1 aliphatic carbocycles. The van der Waals surface area contributed by atoms with Crippen LogP contribution >= 0.6 is 23.4 Å². The number of rotatable bonds is 4. The second-order valence-electron chi connectivity index (χ2n) is 5.61. The number of aromatic nitrogens is 1. The quantitative estimate of drug-likeness (QED) is 0.865. The van der Waals surface area contributed by atoms with E-state index in [-0.39, 0.29) is 0 Å². The van der Waals surface area contributed by atoms with E-state index >= 15 is 0 Å². The first-order valence-corrected chi connectivity index (χ1v) is 8.94. The van der Waals surface area contributed by atoms with Gasteiger partial charge in [0.2, 0.25) is 0 Å². The molecule has 1 heterocycles. The van der Waals surface area contributed by atoms with E-state index in [1.165, 1.54) is 36.6 Å². The lowest BCUT2D eigenvalue weighted by molar-refractivity contribution is 0.380. The molecule has 2 nitrogen and oxygen atoms in total. The van der Waals surface area contributed by atoms with Gasteiger partial charge in [0.1, 0.15) is 0 Å². The van der Waals surface area contributed by atoms with Gasteiger partial charge in [-0.05, 0) is 43.2 Å². The van der Waals surface area contributed by atoms with Crippen LogP contribution in [0.3, 0.4) is 0 Å². The summed E-state index contributed by atoms with van der Waals surface area (Å²) in [5.74, 6) is 0. The Morgan fingerprint density at radius 3 is 3.15 bits per heavy atom. The maximum absolute atomic E-state index is 6.02. The fourth-order valence-electron chi connectivity index (χ4n) is 3.10. The number of H-pyrrole nitrogens is 1. The number of fused-ring (bicyclic) bond motifs is 1. The first-order valence-electron chi connectivity index (χ1n) is 7.28. The van der Waals surface area contributed by atoms with Crippen molar-refractivity contribution in [3.8, 4) is 0 Å². The molecule has 2 unspecified atom stereocenters. The molecule has 0 amide bonds. The number of aromatic amines is 1. The van der Waals surface area contributed by atoms with E-state index in [1.54, 1.807) is 0 Å². The molecule has 1 aromatic heterocycles. The zero-order valence-electron chi connectivity index (χ0n) is 11.8. The van der Waals surface area contributed by atoms with Crippen molar-refractivity contribution >= 4 is 34.3 Å². The number of hydrogen-bond acceptors (Lipinski definition) is 2. The summed E-state index contributed by atoms with van der Waals surface area (Å²) in [6.07, 6.45) is 9.68. The van der Waals surface area contributed by atoms with Gasteiger partial charge in [0, 0.05) is 40.0 Å². The Morgan fingerprint density at radius 1 is 1.40 bits per heavy atom. The van der Waals surface area contributed by atoms with Crippen molar-refractivity contribution in [1.29, 1.82) is 0 Å². The van der Waals surface area contributed by atoms with Gasteiger partial charge in [-0.3, -0.25) is 0 Å². The van der Waals surface area contributed by atoms with Crippen LogP contribution in [0.4, 0.5) is 0 Å². The van der Waals surface area contributed by atoms with Gasteiger partial charge in [0.05, 0.1) is 0 Å². The van der Waals surface area contributed by atoms with E-state index in [0.29, 0.717) is 6.04 Å². The first-order chi connectivity index (χ1) is 9.76. The zero-order chi connectivity index (χ0) is 13.9. The predicted molar refractivity (Wildman–Crippen MR) is 89.7 cm³/mol. The SMILES string of the molecule is CSC1CCCC(NCc2c[nH]c3cc(Cl)ccc23)C1. The number of thioether (sulfide) groups is 1. The summed E-state index contributed by atoms with van der Waals surface area (Å²) >= 11 is 8.04. The van der Waals surface area contributed by atoms with Gasteiger partial charge in [-0.2, -0.15) is 11.8 Å². The molecule has 1 aliphatic rings. The number of nitrogens with one attached hydrogen (secondary N) is 2. The van der Waals surface area contributed by atoms with Crippen LogP contribution in [0, 0.1) is 0 Å². The Labute approximate surface area is 129 Å². The maximum atomic E-state index is 6.02. The highest BCUT2D eigenvalue weighted by molar-refractivity contribution is 7.99. The highest BCUT2D eigenvalue weighted by atomic mass is 35.5. The van der Waals surface area contributed by atoms with Gasteiger partial charge in [-0.25, -0.2) is 0 Å². The fourth-order valence-corrected chi connectivity index (χ4v) is 4.10. The van der Waals surface area contributed by atoms with Gasteiger partial charge >= 0.3 is 0 Å². The van der Waals surface area contributed by atoms with Crippen LogP contribution in [0.5, 0.6) is 0 Å². The summed E-state index contributed by atoms with van der Waals surface area (Å²) in [6.45, 7) is 0.938. The minimum atomic E-state index is 0.665. The van der Waals surface area contributed by atoms with Gasteiger partial charge in [-0.1, -0.05) is 24.1 Å². The molecule has 0 spiro atoms. The van der Waals surface area contributed by atoms with E-state index in [2.05, 4.69) is 28.8 Å². The lowest BCUT2D eigenvalue weighted by Gasteiger charge is -2.28. The Kier molecular flexibility index (Phi) is 4.59. The fraction of sp³-hybridized carbons (Fsp3) is 0.500. The van der Waals surface area contributed by atoms with Crippen molar-refractivity contribution in [3.63, 3.8) is 0 Å². The third-order valence-corrected chi connectivity index (χ3v) is 5.60. The van der Waals surface area contributed by atoms with Gasteiger partial charge in [0.15, 0.2) is 0 Å². The summed E-state index contributed by atoms with van der Waals surface area (Å²) in [7, 11) is 0. The third-order valence-electron chi connectivity index (χ3n) is 4.27. The molecule has 1 aromatic carbocycles. The Bertz CT molecular complexity index is 581. The van der Waals surface area contributed by atoms with Crippen LogP contribution in [0.2, 0.25) is 5.02 Å². The van der Waals surface area contributed by atoms with Crippen LogP contribution in [-0.2, 0) is 6.54 Å². The molecule has 0 bridgehead atoms. The average Bonchev–Trinajstić information content (AvgIpc) is 2.87. The Balaban J connectivity index is 1.65. The van der Waals surface area contributed by atoms with Gasteiger partial charge in [-0.15, -0.1) is 0 Å². The van der Waals surface area contributed by atoms with Crippen LogP contribution in [0.15, 0.2) is 24.4 Å². The van der Waals surface area contributed by atoms with Gasteiger partial charge in [0.25, 0.3) is 0 Å². The summed E-state index contributed by atoms with van der Waals surface area (Å²) in [4.78, 5) is 3.31. The van der Waals surface area contributed by atoms with Crippen molar-refractivity contribution in [2.75, 3.05) is 6.26 Å². The highest BCUT2D eigenvalue weighted by Crippen LogP contribution is 2.27. The molecule has 0 saturated heterocycles. The summed E-state index contributed by atoms with van der Waals surface area (Å²) < 4.78 is 0. The van der Waals surface area contributed by atoms with Crippen LogP contribution in [-0.4, -0.2) is 22.5 Å². The molecule has 2 aromatic rings.